The van der Waals surface area contributed by atoms with Gasteiger partial charge in [-0.1, -0.05) is 12.1 Å². The van der Waals surface area contributed by atoms with Gasteiger partial charge in [0.1, 0.15) is 6.10 Å². The van der Waals surface area contributed by atoms with Crippen LogP contribution in [0.5, 0.6) is 11.5 Å². The van der Waals surface area contributed by atoms with Gasteiger partial charge in [0.15, 0.2) is 11.5 Å². The summed E-state index contributed by atoms with van der Waals surface area (Å²) in [4.78, 5) is 2.31. The van der Waals surface area contributed by atoms with Crippen molar-refractivity contribution in [2.45, 2.75) is 54.9 Å². The first-order valence-electron chi connectivity index (χ1n) is 8.80. The fourth-order valence-electron chi connectivity index (χ4n) is 5.99. The van der Waals surface area contributed by atoms with Crippen LogP contribution in [0.2, 0.25) is 0 Å². The van der Waals surface area contributed by atoms with Gasteiger partial charge in [0.25, 0.3) is 0 Å². The summed E-state index contributed by atoms with van der Waals surface area (Å²) in [5.41, 5.74) is 0.518. The summed E-state index contributed by atoms with van der Waals surface area (Å²) >= 11 is 0. The van der Waals surface area contributed by atoms with Gasteiger partial charge in [-0.25, -0.2) is 0 Å². The summed E-state index contributed by atoms with van der Waals surface area (Å²) < 4.78 is 6.08. The molecule has 136 valence electrons. The molecule has 0 radical (unpaired) electrons. The molecule has 5 atom stereocenters. The Morgan fingerprint density at radius 1 is 1.36 bits per heavy atom. The fraction of sp³-hybridized carbons (Fsp3) is 0.579. The summed E-state index contributed by atoms with van der Waals surface area (Å²) in [5.74, 6) is 0.589. The number of benzene rings is 1. The lowest BCUT2D eigenvalue weighted by molar-refractivity contribution is -0.206. The average Bonchev–Trinajstić information content (AvgIpc) is 2.91. The Kier molecular flexibility index (Phi) is 3.68. The third-order valence-corrected chi connectivity index (χ3v) is 6.91. The molecule has 25 heavy (non-hydrogen) atoms. The second-order valence-corrected chi connectivity index (χ2v) is 7.74. The average molecular weight is 366 g/mol. The first kappa shape index (κ1) is 17.2. The van der Waals surface area contributed by atoms with Gasteiger partial charge < -0.3 is 20.1 Å². The Morgan fingerprint density at radius 2 is 2.16 bits per heavy atom. The number of nitrogens with zero attached hydrogens (tertiary/aromatic N) is 1. The van der Waals surface area contributed by atoms with Gasteiger partial charge in [-0.15, -0.1) is 19.0 Å². The van der Waals surface area contributed by atoms with Crippen LogP contribution in [0, 0.1) is 0 Å². The van der Waals surface area contributed by atoms with Crippen molar-refractivity contribution in [3.8, 4) is 11.5 Å². The molecule has 1 aromatic rings. The Morgan fingerprint density at radius 3 is 2.92 bits per heavy atom. The minimum atomic E-state index is -0.940. The number of halogens is 1. The lowest BCUT2D eigenvalue weighted by Crippen LogP contribution is -2.77. The normalized spacial score (nSPS) is 40.6. The molecule has 1 saturated carbocycles. The van der Waals surface area contributed by atoms with Gasteiger partial charge in [-0.2, -0.15) is 0 Å². The highest BCUT2D eigenvalue weighted by Gasteiger charge is 2.72. The number of hydrogen-bond donors (Lipinski definition) is 3. The van der Waals surface area contributed by atoms with Gasteiger partial charge in [-0.3, -0.25) is 4.90 Å². The van der Waals surface area contributed by atoms with Crippen molar-refractivity contribution in [3.63, 3.8) is 0 Å². The van der Waals surface area contributed by atoms with E-state index in [-0.39, 0.29) is 24.2 Å². The summed E-state index contributed by atoms with van der Waals surface area (Å²) in [5, 5.41) is 32.8. The molecule has 2 aliphatic heterocycles. The van der Waals surface area contributed by atoms with E-state index >= 15 is 0 Å². The van der Waals surface area contributed by atoms with Crippen molar-refractivity contribution in [1.29, 1.82) is 0 Å². The quantitative estimate of drug-likeness (QED) is 0.693. The SMILES string of the molecule is C=CCN1CCC23c4c5ccc(O)c4OC2C(O)CCC3(O)C1C5.Cl. The summed E-state index contributed by atoms with van der Waals surface area (Å²) in [6.07, 6.45) is 3.33. The van der Waals surface area contributed by atoms with E-state index in [4.69, 9.17) is 4.74 Å². The molecule has 2 bridgehead atoms. The molecule has 2 aliphatic carbocycles. The highest BCUT2D eigenvalue weighted by molar-refractivity contribution is 5.85. The maximum atomic E-state index is 11.9. The first-order chi connectivity index (χ1) is 11.5. The van der Waals surface area contributed by atoms with E-state index in [9.17, 15) is 15.3 Å². The number of ether oxygens (including phenoxy) is 1. The van der Waals surface area contributed by atoms with Crippen molar-refractivity contribution in [3.05, 3.63) is 35.9 Å². The summed E-state index contributed by atoms with van der Waals surface area (Å²) in [6.45, 7) is 5.44. The molecule has 1 saturated heterocycles. The van der Waals surface area contributed by atoms with E-state index in [1.54, 1.807) is 6.07 Å². The van der Waals surface area contributed by atoms with Crippen molar-refractivity contribution >= 4 is 12.4 Å². The molecule has 4 aliphatic rings. The molecule has 1 aromatic carbocycles. The van der Waals surface area contributed by atoms with Crippen molar-refractivity contribution in [2.24, 2.45) is 0 Å². The molecular formula is C19H24ClNO4. The van der Waals surface area contributed by atoms with Crippen LogP contribution in [0.3, 0.4) is 0 Å². The van der Waals surface area contributed by atoms with E-state index in [0.29, 0.717) is 18.6 Å². The molecule has 1 spiro atoms. The summed E-state index contributed by atoms with van der Waals surface area (Å²) in [7, 11) is 0. The van der Waals surface area contributed by atoms with Crippen LogP contribution < -0.4 is 4.74 Å². The number of rotatable bonds is 2. The predicted octanol–water partition coefficient (Wildman–Crippen LogP) is 1.51. The van der Waals surface area contributed by atoms with Gasteiger partial charge in [0.05, 0.1) is 17.1 Å². The van der Waals surface area contributed by atoms with Crippen molar-refractivity contribution in [1.82, 2.24) is 4.90 Å². The van der Waals surface area contributed by atoms with E-state index in [0.717, 1.165) is 37.1 Å². The third-order valence-electron chi connectivity index (χ3n) is 6.91. The zero-order chi connectivity index (χ0) is 16.7. The smallest absolute Gasteiger partial charge is 0.165 e. The number of phenolic OH excluding ortho intramolecular Hbond substituents is 1. The molecule has 5 rings (SSSR count). The Bertz CT molecular complexity index is 740. The molecule has 2 heterocycles. The van der Waals surface area contributed by atoms with Crippen LogP contribution in [0.25, 0.3) is 0 Å². The minimum Gasteiger partial charge on any atom is -0.504 e. The maximum Gasteiger partial charge on any atom is 0.165 e. The standard InChI is InChI=1S/C19H23NO4.ClH/c1-2-8-20-9-7-18-15-11-3-4-12(21)16(15)24-17(18)13(22)5-6-19(18,23)14(20)10-11;/h2-4,13-14,17,21-23H,1,5-10H2;1H. The molecule has 0 amide bonds. The Hall–Kier alpha value is -1.27. The fourth-order valence-corrected chi connectivity index (χ4v) is 5.99. The molecule has 3 N–H and O–H groups in total. The zero-order valence-electron chi connectivity index (χ0n) is 14.0. The van der Waals surface area contributed by atoms with Crippen LogP contribution in [0.15, 0.2) is 24.8 Å². The largest absolute Gasteiger partial charge is 0.504 e. The lowest BCUT2D eigenvalue weighted by Gasteiger charge is -2.63. The van der Waals surface area contributed by atoms with Gasteiger partial charge >= 0.3 is 0 Å². The zero-order valence-corrected chi connectivity index (χ0v) is 14.8. The van der Waals surface area contributed by atoms with E-state index in [1.165, 1.54) is 0 Å². The highest BCUT2D eigenvalue weighted by Crippen LogP contribution is 2.65. The van der Waals surface area contributed by atoms with E-state index in [2.05, 4.69) is 11.5 Å². The molecule has 0 aromatic heterocycles. The molecule has 6 heteroatoms. The minimum absolute atomic E-state index is 0. The van der Waals surface area contributed by atoms with Crippen LogP contribution in [0.4, 0.5) is 0 Å². The monoisotopic (exact) mass is 365 g/mol. The van der Waals surface area contributed by atoms with Crippen LogP contribution in [0.1, 0.15) is 30.4 Å². The van der Waals surface area contributed by atoms with Crippen molar-refractivity contribution in [2.75, 3.05) is 13.1 Å². The van der Waals surface area contributed by atoms with Gasteiger partial charge in [0.2, 0.25) is 0 Å². The topological polar surface area (TPSA) is 73.2 Å². The highest BCUT2D eigenvalue weighted by atomic mass is 35.5. The van der Waals surface area contributed by atoms with E-state index in [1.807, 2.05) is 12.1 Å². The second-order valence-electron chi connectivity index (χ2n) is 7.74. The number of aliphatic hydroxyl groups excluding tert-OH is 1. The Labute approximate surface area is 153 Å². The third kappa shape index (κ3) is 1.80. The number of hydrogen-bond acceptors (Lipinski definition) is 5. The van der Waals surface area contributed by atoms with Crippen LogP contribution in [-0.2, 0) is 11.8 Å². The summed E-state index contributed by atoms with van der Waals surface area (Å²) in [6, 6.07) is 3.62. The number of piperidine rings is 1. The first-order valence-corrected chi connectivity index (χ1v) is 8.80. The molecule has 5 unspecified atom stereocenters. The molecule has 5 nitrogen and oxygen atoms in total. The van der Waals surface area contributed by atoms with Gasteiger partial charge in [0, 0.05) is 18.2 Å². The number of aliphatic hydroxyl groups is 2. The van der Waals surface area contributed by atoms with Crippen LogP contribution in [-0.4, -0.2) is 57.2 Å². The number of phenols is 1. The number of likely N-dealkylation sites (tertiary alicyclic amines) is 1. The lowest BCUT2D eigenvalue weighted by atomic mass is 9.48. The second kappa shape index (κ2) is 5.36. The van der Waals surface area contributed by atoms with Crippen molar-refractivity contribution < 1.29 is 20.1 Å². The maximum absolute atomic E-state index is 11.9. The Balaban J connectivity index is 0.00000157. The van der Waals surface area contributed by atoms with Crippen LogP contribution >= 0.6 is 12.4 Å². The predicted molar refractivity (Wildman–Crippen MR) is 95.5 cm³/mol. The molecular weight excluding hydrogens is 342 g/mol. The molecule has 2 fully saturated rings. The van der Waals surface area contributed by atoms with E-state index < -0.39 is 23.2 Å². The number of aromatic hydroxyl groups is 1. The van der Waals surface area contributed by atoms with Gasteiger partial charge in [-0.05, 0) is 43.9 Å².